The quantitative estimate of drug-likeness (QED) is 0.457. The standard InChI is InChI=1S/C20H24N2O3S/c1-20(2)11-13-21(26-16-6-4-3-5-7-16)18-9-8-15(14-17(18)20)19(23)10-12-22(24)25/h3-9,14,19,23H,10-13H2,1-2H3. The van der Waals surface area contributed by atoms with Gasteiger partial charge >= 0.3 is 0 Å². The van der Waals surface area contributed by atoms with Gasteiger partial charge in [0.05, 0.1) is 11.8 Å². The molecule has 0 fully saturated rings. The molecule has 1 aliphatic heterocycles. The number of hydrogen-bond acceptors (Lipinski definition) is 5. The predicted octanol–water partition coefficient (Wildman–Crippen LogP) is 4.58. The van der Waals surface area contributed by atoms with E-state index in [9.17, 15) is 15.2 Å². The van der Waals surface area contributed by atoms with Crippen LogP contribution in [0.25, 0.3) is 0 Å². The highest BCUT2D eigenvalue weighted by molar-refractivity contribution is 8.00. The minimum atomic E-state index is -0.807. The number of nitro groups is 1. The van der Waals surface area contributed by atoms with Gasteiger partial charge in [0, 0.05) is 22.8 Å². The van der Waals surface area contributed by atoms with E-state index in [0.717, 1.165) is 24.2 Å². The largest absolute Gasteiger partial charge is 0.388 e. The van der Waals surface area contributed by atoms with Crippen LogP contribution in [0.2, 0.25) is 0 Å². The maximum atomic E-state index is 10.6. The number of fused-ring (bicyclic) bond motifs is 1. The molecule has 3 rings (SSSR count). The van der Waals surface area contributed by atoms with Gasteiger partial charge < -0.3 is 9.41 Å². The third-order valence-corrected chi connectivity index (χ3v) is 5.97. The van der Waals surface area contributed by atoms with Crippen molar-refractivity contribution in [2.45, 2.75) is 43.1 Å². The summed E-state index contributed by atoms with van der Waals surface area (Å²) >= 11 is 1.72. The smallest absolute Gasteiger partial charge is 0.206 e. The molecule has 1 atom stereocenters. The summed E-state index contributed by atoms with van der Waals surface area (Å²) in [6.07, 6.45) is 0.335. The third kappa shape index (κ3) is 4.19. The highest BCUT2D eigenvalue weighted by Gasteiger charge is 2.32. The van der Waals surface area contributed by atoms with Crippen LogP contribution >= 0.6 is 11.9 Å². The maximum Gasteiger partial charge on any atom is 0.206 e. The number of nitrogens with zero attached hydrogens (tertiary/aromatic N) is 2. The molecule has 0 saturated heterocycles. The van der Waals surface area contributed by atoms with Crippen molar-refractivity contribution in [3.63, 3.8) is 0 Å². The molecule has 0 aliphatic carbocycles. The fourth-order valence-electron chi connectivity index (χ4n) is 3.25. The van der Waals surface area contributed by atoms with Crippen LogP contribution in [0.1, 0.15) is 43.9 Å². The minimum Gasteiger partial charge on any atom is -0.388 e. The summed E-state index contributed by atoms with van der Waals surface area (Å²) in [4.78, 5) is 11.4. The first-order valence-corrected chi connectivity index (χ1v) is 9.59. The van der Waals surface area contributed by atoms with E-state index in [-0.39, 0.29) is 23.3 Å². The van der Waals surface area contributed by atoms with Crippen LogP contribution in [0.3, 0.4) is 0 Å². The first kappa shape index (κ1) is 18.7. The summed E-state index contributed by atoms with van der Waals surface area (Å²) in [5.41, 5.74) is 3.09. The predicted molar refractivity (Wildman–Crippen MR) is 105 cm³/mol. The molecule has 0 radical (unpaired) electrons. The third-order valence-electron chi connectivity index (χ3n) is 4.89. The fraction of sp³-hybridized carbons (Fsp3) is 0.400. The van der Waals surface area contributed by atoms with E-state index in [0.29, 0.717) is 0 Å². The van der Waals surface area contributed by atoms with Gasteiger partial charge in [-0.15, -0.1) is 0 Å². The lowest BCUT2D eigenvalue weighted by Gasteiger charge is -2.39. The molecule has 0 amide bonds. The van der Waals surface area contributed by atoms with Crippen molar-refractivity contribution in [3.05, 3.63) is 69.8 Å². The molecule has 1 aliphatic rings. The Morgan fingerprint density at radius 2 is 2.00 bits per heavy atom. The Hall–Kier alpha value is -2.05. The van der Waals surface area contributed by atoms with E-state index >= 15 is 0 Å². The maximum absolute atomic E-state index is 10.6. The summed E-state index contributed by atoms with van der Waals surface area (Å²) in [7, 11) is 0. The molecule has 1 heterocycles. The number of rotatable bonds is 6. The van der Waals surface area contributed by atoms with Crippen LogP contribution in [-0.2, 0) is 5.41 Å². The lowest BCUT2D eigenvalue weighted by atomic mass is 9.77. The Labute approximate surface area is 158 Å². The SMILES string of the molecule is CC1(C)CCN(Sc2ccccc2)c2ccc(C(O)CC[N+](=O)[O-])cc21. The zero-order valence-electron chi connectivity index (χ0n) is 15.1. The molecule has 26 heavy (non-hydrogen) atoms. The summed E-state index contributed by atoms with van der Waals surface area (Å²) in [6, 6.07) is 16.2. The van der Waals surface area contributed by atoms with E-state index in [1.54, 1.807) is 11.9 Å². The van der Waals surface area contributed by atoms with Gasteiger partial charge in [0.25, 0.3) is 0 Å². The van der Waals surface area contributed by atoms with Crippen molar-refractivity contribution in [2.24, 2.45) is 0 Å². The second-order valence-corrected chi connectivity index (χ2v) is 8.37. The molecule has 2 aromatic rings. The van der Waals surface area contributed by atoms with Gasteiger partial charge in [-0.25, -0.2) is 0 Å². The van der Waals surface area contributed by atoms with Crippen LogP contribution in [0.4, 0.5) is 5.69 Å². The Morgan fingerprint density at radius 1 is 1.27 bits per heavy atom. The molecule has 6 heteroatoms. The zero-order chi connectivity index (χ0) is 18.7. The monoisotopic (exact) mass is 372 g/mol. The van der Waals surface area contributed by atoms with Crippen LogP contribution < -0.4 is 4.31 Å². The second kappa shape index (κ2) is 7.68. The average Bonchev–Trinajstić information content (AvgIpc) is 2.63. The van der Waals surface area contributed by atoms with Crippen molar-refractivity contribution in [3.8, 4) is 0 Å². The lowest BCUT2D eigenvalue weighted by Crippen LogP contribution is -2.33. The van der Waals surface area contributed by atoms with Gasteiger partial charge in [-0.2, -0.15) is 0 Å². The number of hydrogen-bond donors (Lipinski definition) is 1. The summed E-state index contributed by atoms with van der Waals surface area (Å²) in [5.74, 6) is 0. The average molecular weight is 372 g/mol. The first-order valence-electron chi connectivity index (χ1n) is 8.82. The van der Waals surface area contributed by atoms with E-state index in [2.05, 4.69) is 30.3 Å². The summed E-state index contributed by atoms with van der Waals surface area (Å²) in [6.45, 7) is 5.15. The molecule has 0 aromatic heterocycles. The Morgan fingerprint density at radius 3 is 2.69 bits per heavy atom. The molecule has 5 nitrogen and oxygen atoms in total. The number of aliphatic hydroxyl groups is 1. The molecule has 1 unspecified atom stereocenters. The normalized spacial score (nSPS) is 16.8. The second-order valence-electron chi connectivity index (χ2n) is 7.28. The molecular formula is C20H24N2O3S. The number of benzene rings is 2. The molecule has 0 bridgehead atoms. The van der Waals surface area contributed by atoms with Gasteiger partial charge in [0.2, 0.25) is 6.54 Å². The van der Waals surface area contributed by atoms with Gasteiger partial charge in [0.15, 0.2) is 0 Å². The molecule has 2 aromatic carbocycles. The van der Waals surface area contributed by atoms with E-state index in [1.165, 1.54) is 10.5 Å². The van der Waals surface area contributed by atoms with Crippen LogP contribution in [0.5, 0.6) is 0 Å². The summed E-state index contributed by atoms with van der Waals surface area (Å²) in [5, 5.41) is 20.9. The van der Waals surface area contributed by atoms with Gasteiger partial charge in [-0.05, 0) is 53.1 Å². The van der Waals surface area contributed by atoms with Crippen molar-refractivity contribution in [2.75, 3.05) is 17.4 Å². The Kier molecular flexibility index (Phi) is 5.53. The lowest BCUT2D eigenvalue weighted by molar-refractivity contribution is -0.482. The van der Waals surface area contributed by atoms with Crippen LogP contribution in [0.15, 0.2) is 53.4 Å². The number of anilines is 1. The van der Waals surface area contributed by atoms with Crippen LogP contribution in [-0.4, -0.2) is 23.1 Å². The van der Waals surface area contributed by atoms with Crippen molar-refractivity contribution < 1.29 is 10.0 Å². The molecule has 0 spiro atoms. The first-order chi connectivity index (χ1) is 12.4. The van der Waals surface area contributed by atoms with E-state index in [1.807, 2.05) is 36.4 Å². The van der Waals surface area contributed by atoms with E-state index in [4.69, 9.17) is 0 Å². The summed E-state index contributed by atoms with van der Waals surface area (Å²) < 4.78 is 2.29. The molecule has 0 saturated carbocycles. The van der Waals surface area contributed by atoms with Crippen molar-refractivity contribution >= 4 is 17.6 Å². The topological polar surface area (TPSA) is 66.6 Å². The number of aliphatic hydroxyl groups excluding tert-OH is 1. The minimum absolute atomic E-state index is 0.00190. The Balaban J connectivity index is 1.87. The van der Waals surface area contributed by atoms with Gasteiger partial charge in [0.1, 0.15) is 0 Å². The Bertz CT molecular complexity index is 780. The molecule has 1 N–H and O–H groups in total. The highest BCUT2D eigenvalue weighted by Crippen LogP contribution is 2.44. The van der Waals surface area contributed by atoms with E-state index < -0.39 is 6.10 Å². The van der Waals surface area contributed by atoms with Crippen LogP contribution in [0, 0.1) is 10.1 Å². The van der Waals surface area contributed by atoms with Gasteiger partial charge in [-0.1, -0.05) is 44.2 Å². The molecular weight excluding hydrogens is 348 g/mol. The van der Waals surface area contributed by atoms with Crippen molar-refractivity contribution in [1.29, 1.82) is 0 Å². The highest BCUT2D eigenvalue weighted by atomic mass is 32.2. The fourth-order valence-corrected chi connectivity index (χ4v) is 4.23. The van der Waals surface area contributed by atoms with Gasteiger partial charge in [-0.3, -0.25) is 10.1 Å². The van der Waals surface area contributed by atoms with Crippen molar-refractivity contribution in [1.82, 2.24) is 0 Å². The molecule has 138 valence electrons. The zero-order valence-corrected chi connectivity index (χ0v) is 15.9.